The molecule has 0 amide bonds. The first-order chi connectivity index (χ1) is 8.47. The molecule has 0 aliphatic heterocycles. The largest absolute Gasteiger partial charge is 0.464 e. The maximum atomic E-state index is 11.8. The minimum atomic E-state index is -0.805. The van der Waals surface area contributed by atoms with Crippen LogP contribution in [0.1, 0.15) is 45.6 Å². The topological polar surface area (TPSA) is 42.2 Å². The second-order valence-corrected chi connectivity index (χ2v) is 6.95. The van der Waals surface area contributed by atoms with Gasteiger partial charge >= 0.3 is 0 Å². The van der Waals surface area contributed by atoms with E-state index in [0.29, 0.717) is 17.7 Å². The Kier molecular flexibility index (Phi) is 6.65. The average molecular weight is 271 g/mol. The van der Waals surface area contributed by atoms with E-state index in [1.807, 2.05) is 12.1 Å². The molecule has 3 nitrogen and oxygen atoms in total. The maximum Gasteiger partial charge on any atom is 0.118 e. The molecule has 1 atom stereocenters. The molecule has 0 saturated heterocycles. The van der Waals surface area contributed by atoms with Crippen LogP contribution in [0.4, 0.5) is 0 Å². The molecule has 0 spiro atoms. The fourth-order valence-corrected chi connectivity index (χ4v) is 2.85. The fourth-order valence-electron chi connectivity index (χ4n) is 1.50. The lowest BCUT2D eigenvalue weighted by molar-refractivity contribution is 0.444. The lowest BCUT2D eigenvalue weighted by atomic mass is 10.2. The van der Waals surface area contributed by atoms with E-state index in [-0.39, 0.29) is 0 Å². The van der Waals surface area contributed by atoms with Gasteiger partial charge in [-0.25, -0.2) is 0 Å². The van der Waals surface area contributed by atoms with E-state index in [0.717, 1.165) is 30.2 Å². The molecule has 0 fully saturated rings. The summed E-state index contributed by atoms with van der Waals surface area (Å²) in [6.07, 6.45) is 1.01. The van der Waals surface area contributed by atoms with Gasteiger partial charge in [-0.1, -0.05) is 27.7 Å². The first-order valence-electron chi connectivity index (χ1n) is 6.63. The molecule has 18 heavy (non-hydrogen) atoms. The molecule has 1 aromatic heterocycles. The number of hydrogen-bond acceptors (Lipinski definition) is 3. The van der Waals surface area contributed by atoms with Crippen molar-refractivity contribution in [3.63, 3.8) is 0 Å². The van der Waals surface area contributed by atoms with E-state index in [2.05, 4.69) is 33.0 Å². The highest BCUT2D eigenvalue weighted by Crippen LogP contribution is 2.11. The van der Waals surface area contributed by atoms with Gasteiger partial charge < -0.3 is 9.73 Å². The summed E-state index contributed by atoms with van der Waals surface area (Å²) in [6, 6.07) is 4.34. The third-order valence-electron chi connectivity index (χ3n) is 2.63. The molecular formula is C14H25NO2S. The van der Waals surface area contributed by atoms with Crippen molar-refractivity contribution in [3.05, 3.63) is 23.7 Å². The Hall–Kier alpha value is -0.610. The third kappa shape index (κ3) is 6.36. The smallest absolute Gasteiger partial charge is 0.118 e. The van der Waals surface area contributed by atoms with Crippen LogP contribution in [0.5, 0.6) is 0 Å². The van der Waals surface area contributed by atoms with Gasteiger partial charge in [0.25, 0.3) is 0 Å². The molecule has 0 aliphatic carbocycles. The van der Waals surface area contributed by atoms with Crippen molar-refractivity contribution in [3.8, 4) is 0 Å². The molecule has 1 unspecified atom stereocenters. The van der Waals surface area contributed by atoms with Crippen molar-refractivity contribution in [1.29, 1.82) is 0 Å². The molecule has 1 heterocycles. The van der Waals surface area contributed by atoms with Gasteiger partial charge in [0.2, 0.25) is 0 Å². The van der Waals surface area contributed by atoms with Crippen molar-refractivity contribution in [1.82, 2.24) is 5.32 Å². The number of nitrogens with one attached hydrogen (secondary N) is 1. The van der Waals surface area contributed by atoms with E-state index >= 15 is 0 Å². The van der Waals surface area contributed by atoms with Crippen LogP contribution in [0.25, 0.3) is 0 Å². The molecule has 4 heteroatoms. The van der Waals surface area contributed by atoms with Gasteiger partial charge in [0, 0.05) is 22.6 Å². The van der Waals surface area contributed by atoms with Crippen molar-refractivity contribution in [2.24, 2.45) is 5.92 Å². The normalized spacial score (nSPS) is 13.4. The molecule has 0 saturated carbocycles. The van der Waals surface area contributed by atoms with Crippen LogP contribution in [0.3, 0.4) is 0 Å². The zero-order valence-electron chi connectivity index (χ0n) is 11.9. The predicted molar refractivity (Wildman–Crippen MR) is 76.9 cm³/mol. The average Bonchev–Trinajstić information content (AvgIpc) is 2.71. The van der Waals surface area contributed by atoms with Crippen LogP contribution in [-0.2, 0) is 23.1 Å². The standard InChI is InChI=1S/C14H25NO2S/c1-11(2)7-8-18(16)10-14-6-5-13(17-14)9-15-12(3)4/h5-6,11-12,15H,7-10H2,1-4H3. The summed E-state index contributed by atoms with van der Waals surface area (Å²) in [5.41, 5.74) is 0. The van der Waals surface area contributed by atoms with Crippen LogP contribution < -0.4 is 5.32 Å². The van der Waals surface area contributed by atoms with Crippen LogP contribution in [-0.4, -0.2) is 16.0 Å². The van der Waals surface area contributed by atoms with Crippen LogP contribution in [0, 0.1) is 5.92 Å². The van der Waals surface area contributed by atoms with Gasteiger partial charge in [-0.05, 0) is 24.5 Å². The minimum Gasteiger partial charge on any atom is -0.464 e. The molecule has 104 valence electrons. The predicted octanol–water partition coefficient (Wildman–Crippen LogP) is 3.07. The molecule has 1 rings (SSSR count). The van der Waals surface area contributed by atoms with Crippen molar-refractivity contribution in [2.75, 3.05) is 5.75 Å². The van der Waals surface area contributed by atoms with E-state index < -0.39 is 10.8 Å². The second kappa shape index (κ2) is 7.74. The first kappa shape index (κ1) is 15.4. The minimum absolute atomic E-state index is 0.443. The Morgan fingerprint density at radius 2 is 1.89 bits per heavy atom. The number of rotatable bonds is 8. The Balaban J connectivity index is 2.36. The molecule has 0 aliphatic rings. The molecule has 0 bridgehead atoms. The van der Waals surface area contributed by atoms with E-state index in [1.165, 1.54) is 0 Å². The Labute approximate surface area is 113 Å². The second-order valence-electron chi connectivity index (χ2n) is 5.37. The van der Waals surface area contributed by atoms with E-state index in [1.54, 1.807) is 0 Å². The summed E-state index contributed by atoms with van der Waals surface area (Å²) in [4.78, 5) is 0. The lowest BCUT2D eigenvalue weighted by Gasteiger charge is -2.05. The van der Waals surface area contributed by atoms with E-state index in [9.17, 15) is 4.21 Å². The van der Waals surface area contributed by atoms with E-state index in [4.69, 9.17) is 4.42 Å². The highest BCUT2D eigenvalue weighted by Gasteiger charge is 2.08. The van der Waals surface area contributed by atoms with Gasteiger partial charge in [-0.3, -0.25) is 4.21 Å². The van der Waals surface area contributed by atoms with Crippen LogP contribution in [0.2, 0.25) is 0 Å². The molecule has 1 aromatic rings. The van der Waals surface area contributed by atoms with Crippen molar-refractivity contribution >= 4 is 10.8 Å². The summed E-state index contributed by atoms with van der Waals surface area (Å²) in [6.45, 7) is 9.24. The Morgan fingerprint density at radius 3 is 2.50 bits per heavy atom. The molecule has 1 N–H and O–H groups in total. The fraction of sp³-hybridized carbons (Fsp3) is 0.714. The highest BCUT2D eigenvalue weighted by atomic mass is 32.2. The summed E-state index contributed by atoms with van der Waals surface area (Å²) in [5, 5.41) is 3.30. The Morgan fingerprint density at radius 1 is 1.22 bits per heavy atom. The monoisotopic (exact) mass is 271 g/mol. The van der Waals surface area contributed by atoms with Crippen molar-refractivity contribution in [2.45, 2.75) is 52.5 Å². The summed E-state index contributed by atoms with van der Waals surface area (Å²) in [5.74, 6) is 3.65. The van der Waals surface area contributed by atoms with Gasteiger partial charge in [-0.2, -0.15) is 0 Å². The van der Waals surface area contributed by atoms with Crippen LogP contribution in [0.15, 0.2) is 16.5 Å². The van der Waals surface area contributed by atoms with Gasteiger partial charge in [0.15, 0.2) is 0 Å². The van der Waals surface area contributed by atoms with Crippen molar-refractivity contribution < 1.29 is 8.63 Å². The quantitative estimate of drug-likeness (QED) is 0.790. The highest BCUT2D eigenvalue weighted by molar-refractivity contribution is 7.84. The molecule has 0 aromatic carbocycles. The van der Waals surface area contributed by atoms with Gasteiger partial charge in [0.1, 0.15) is 11.5 Å². The SMILES string of the molecule is CC(C)CCS(=O)Cc1ccc(CNC(C)C)o1. The molecular weight excluding hydrogens is 246 g/mol. The van der Waals surface area contributed by atoms with Crippen LogP contribution >= 0.6 is 0 Å². The Bertz CT molecular complexity index is 372. The number of furan rings is 1. The lowest BCUT2D eigenvalue weighted by Crippen LogP contribution is -2.21. The molecule has 0 radical (unpaired) electrons. The third-order valence-corrected chi connectivity index (χ3v) is 3.93. The summed E-state index contributed by atoms with van der Waals surface area (Å²) >= 11 is 0. The summed E-state index contributed by atoms with van der Waals surface area (Å²) < 4.78 is 17.5. The number of hydrogen-bond donors (Lipinski definition) is 1. The maximum absolute atomic E-state index is 11.8. The zero-order valence-corrected chi connectivity index (χ0v) is 12.7. The summed E-state index contributed by atoms with van der Waals surface area (Å²) in [7, 11) is -0.805. The van der Waals surface area contributed by atoms with Gasteiger partial charge in [0.05, 0.1) is 12.3 Å². The van der Waals surface area contributed by atoms with Gasteiger partial charge in [-0.15, -0.1) is 0 Å². The zero-order chi connectivity index (χ0) is 13.5. The first-order valence-corrected chi connectivity index (χ1v) is 8.12.